The second kappa shape index (κ2) is 5.95. The summed E-state index contributed by atoms with van der Waals surface area (Å²) in [6, 6.07) is 3.90. The summed E-state index contributed by atoms with van der Waals surface area (Å²) in [4.78, 5) is 14.5. The number of nitrogens with two attached hydrogens (primary N) is 1. The molecule has 1 amide bonds. The third-order valence-electron chi connectivity index (χ3n) is 3.93. The quantitative estimate of drug-likeness (QED) is 0.934. The third-order valence-corrected chi connectivity index (χ3v) is 4.79. The van der Waals surface area contributed by atoms with Gasteiger partial charge in [0.25, 0.3) is 5.89 Å². The van der Waals surface area contributed by atoms with Crippen LogP contribution in [0.3, 0.4) is 0 Å². The zero-order valence-corrected chi connectivity index (χ0v) is 12.7. The fourth-order valence-electron chi connectivity index (χ4n) is 2.65. The Morgan fingerprint density at radius 1 is 1.57 bits per heavy atom. The second-order valence-electron chi connectivity index (χ2n) is 5.34. The van der Waals surface area contributed by atoms with Crippen molar-refractivity contribution in [2.75, 3.05) is 13.1 Å². The van der Waals surface area contributed by atoms with E-state index in [1.54, 1.807) is 11.3 Å². The van der Waals surface area contributed by atoms with E-state index in [1.165, 1.54) is 0 Å². The third kappa shape index (κ3) is 2.98. The fourth-order valence-corrected chi connectivity index (χ4v) is 3.29. The van der Waals surface area contributed by atoms with Gasteiger partial charge in [-0.1, -0.05) is 6.07 Å². The first-order chi connectivity index (χ1) is 10.1. The number of thiophene rings is 1. The van der Waals surface area contributed by atoms with Crippen LogP contribution in [-0.2, 0) is 4.79 Å². The molecule has 0 unspecified atom stereocenters. The predicted octanol–water partition coefficient (Wildman–Crippen LogP) is 2.06. The summed E-state index contributed by atoms with van der Waals surface area (Å²) in [5, 5.41) is 10.2. The number of nitrogens with zero attached hydrogens (tertiary/aromatic N) is 3. The molecule has 0 aromatic carbocycles. The molecule has 21 heavy (non-hydrogen) atoms. The number of carbonyl (C=O) groups excluding carboxylic acids is 1. The molecule has 0 radical (unpaired) electrons. The van der Waals surface area contributed by atoms with Gasteiger partial charge in [0.2, 0.25) is 11.8 Å². The fraction of sp³-hybridized carbons (Fsp3) is 0.500. The molecule has 1 fully saturated rings. The number of rotatable bonds is 4. The summed E-state index contributed by atoms with van der Waals surface area (Å²) in [7, 11) is 0. The van der Waals surface area contributed by atoms with E-state index < -0.39 is 0 Å². The Hall–Kier alpha value is -1.73. The lowest BCUT2D eigenvalue weighted by Gasteiger charge is -2.33. The van der Waals surface area contributed by atoms with Crippen LogP contribution in [0.5, 0.6) is 0 Å². The van der Waals surface area contributed by atoms with Crippen molar-refractivity contribution < 1.29 is 9.21 Å². The highest BCUT2D eigenvalue weighted by Crippen LogP contribution is 2.29. The highest BCUT2D eigenvalue weighted by molar-refractivity contribution is 7.13. The monoisotopic (exact) mass is 306 g/mol. The van der Waals surface area contributed by atoms with Gasteiger partial charge in [-0.2, -0.15) is 0 Å². The predicted molar refractivity (Wildman–Crippen MR) is 79.5 cm³/mol. The lowest BCUT2D eigenvalue weighted by Crippen LogP contribution is -2.42. The van der Waals surface area contributed by atoms with E-state index in [1.807, 2.05) is 24.4 Å². The van der Waals surface area contributed by atoms with Gasteiger partial charge in [0.15, 0.2) is 0 Å². The molecule has 2 aromatic heterocycles. The normalized spacial score (nSPS) is 21.3. The highest BCUT2D eigenvalue weighted by atomic mass is 32.1. The number of piperidine rings is 1. The van der Waals surface area contributed by atoms with Crippen molar-refractivity contribution in [2.24, 2.45) is 11.7 Å². The van der Waals surface area contributed by atoms with Crippen molar-refractivity contribution in [3.05, 3.63) is 23.4 Å². The molecule has 6 nitrogen and oxygen atoms in total. The Labute approximate surface area is 127 Å². The molecule has 0 bridgehead atoms. The van der Waals surface area contributed by atoms with Crippen molar-refractivity contribution in [3.8, 4) is 10.8 Å². The molecule has 112 valence electrons. The summed E-state index contributed by atoms with van der Waals surface area (Å²) < 4.78 is 5.77. The van der Waals surface area contributed by atoms with Gasteiger partial charge in [-0.3, -0.25) is 9.69 Å². The largest absolute Gasteiger partial charge is 0.418 e. The SMILES string of the molecule is C[C@H](c1nnc(-c2cccs2)o1)N1CCC[C@H](C(N)=O)C1. The topological polar surface area (TPSA) is 85.2 Å². The van der Waals surface area contributed by atoms with E-state index in [-0.39, 0.29) is 17.9 Å². The second-order valence-corrected chi connectivity index (χ2v) is 6.28. The van der Waals surface area contributed by atoms with Gasteiger partial charge >= 0.3 is 0 Å². The number of amides is 1. The Morgan fingerprint density at radius 3 is 3.14 bits per heavy atom. The van der Waals surface area contributed by atoms with Crippen molar-refractivity contribution >= 4 is 17.2 Å². The minimum atomic E-state index is -0.225. The first kappa shape index (κ1) is 14.2. The van der Waals surface area contributed by atoms with E-state index in [2.05, 4.69) is 15.1 Å². The van der Waals surface area contributed by atoms with E-state index in [0.717, 1.165) is 24.3 Å². The van der Waals surface area contributed by atoms with Gasteiger partial charge in [0.05, 0.1) is 16.8 Å². The van der Waals surface area contributed by atoms with Crippen LogP contribution >= 0.6 is 11.3 Å². The molecule has 0 spiro atoms. The highest BCUT2D eigenvalue weighted by Gasteiger charge is 2.29. The summed E-state index contributed by atoms with van der Waals surface area (Å²) in [6.07, 6.45) is 1.83. The summed E-state index contributed by atoms with van der Waals surface area (Å²) in [6.45, 7) is 3.60. The van der Waals surface area contributed by atoms with Crippen LogP contribution in [0, 0.1) is 5.92 Å². The number of primary amides is 1. The van der Waals surface area contributed by atoms with Crippen molar-refractivity contribution in [3.63, 3.8) is 0 Å². The van der Waals surface area contributed by atoms with Crippen LogP contribution in [0.4, 0.5) is 0 Å². The average Bonchev–Trinajstić information content (AvgIpc) is 3.17. The van der Waals surface area contributed by atoms with Crippen molar-refractivity contribution in [2.45, 2.75) is 25.8 Å². The van der Waals surface area contributed by atoms with E-state index >= 15 is 0 Å². The van der Waals surface area contributed by atoms with Gasteiger partial charge in [-0.25, -0.2) is 0 Å². The lowest BCUT2D eigenvalue weighted by molar-refractivity contribution is -0.123. The molecule has 2 atom stereocenters. The van der Waals surface area contributed by atoms with Gasteiger partial charge in [0.1, 0.15) is 0 Å². The smallest absolute Gasteiger partial charge is 0.257 e. The number of likely N-dealkylation sites (tertiary alicyclic amines) is 1. The Kier molecular flexibility index (Phi) is 4.03. The Balaban J connectivity index is 1.73. The maximum absolute atomic E-state index is 11.4. The maximum atomic E-state index is 11.4. The van der Waals surface area contributed by atoms with E-state index in [0.29, 0.717) is 18.3 Å². The van der Waals surface area contributed by atoms with Gasteiger partial charge in [0, 0.05) is 6.54 Å². The first-order valence-corrected chi connectivity index (χ1v) is 7.93. The molecule has 7 heteroatoms. The molecule has 1 aliphatic heterocycles. The lowest BCUT2D eigenvalue weighted by atomic mass is 9.96. The standard InChI is InChI=1S/C14H18N4O2S/c1-9(18-6-2-4-10(8-18)12(15)19)13-16-17-14(20-13)11-5-3-7-21-11/h3,5,7,9-10H,2,4,6,8H2,1H3,(H2,15,19)/t9-,10+/m1/s1. The van der Waals surface area contributed by atoms with Crippen LogP contribution in [0.15, 0.2) is 21.9 Å². The zero-order valence-electron chi connectivity index (χ0n) is 11.9. The molecule has 2 N–H and O–H groups in total. The molecular formula is C14H18N4O2S. The van der Waals surface area contributed by atoms with Crippen LogP contribution in [-0.4, -0.2) is 34.1 Å². The van der Waals surface area contributed by atoms with Crippen molar-refractivity contribution in [1.82, 2.24) is 15.1 Å². The van der Waals surface area contributed by atoms with Gasteiger partial charge in [-0.15, -0.1) is 21.5 Å². The number of hydrogen-bond donors (Lipinski definition) is 1. The van der Waals surface area contributed by atoms with Crippen LogP contribution in [0.1, 0.15) is 31.7 Å². The molecule has 3 heterocycles. The van der Waals surface area contributed by atoms with E-state index in [9.17, 15) is 4.79 Å². The number of hydrogen-bond acceptors (Lipinski definition) is 6. The van der Waals surface area contributed by atoms with Crippen LogP contribution in [0.25, 0.3) is 10.8 Å². The minimum absolute atomic E-state index is 0.00615. The molecule has 0 aliphatic carbocycles. The zero-order chi connectivity index (χ0) is 14.8. The summed E-state index contributed by atoms with van der Waals surface area (Å²) in [5.74, 6) is 0.830. The Morgan fingerprint density at radius 2 is 2.43 bits per heavy atom. The number of aromatic nitrogens is 2. The summed E-state index contributed by atoms with van der Waals surface area (Å²) in [5.41, 5.74) is 5.42. The first-order valence-electron chi connectivity index (χ1n) is 7.06. The Bertz CT molecular complexity index is 610. The molecule has 0 saturated carbocycles. The molecule has 2 aromatic rings. The minimum Gasteiger partial charge on any atom is -0.418 e. The van der Waals surface area contributed by atoms with Gasteiger partial charge in [-0.05, 0) is 37.8 Å². The number of carbonyl (C=O) groups is 1. The van der Waals surface area contributed by atoms with E-state index in [4.69, 9.17) is 10.2 Å². The molecular weight excluding hydrogens is 288 g/mol. The summed E-state index contributed by atoms with van der Waals surface area (Å²) >= 11 is 1.57. The van der Waals surface area contributed by atoms with Crippen molar-refractivity contribution in [1.29, 1.82) is 0 Å². The molecule has 1 aliphatic rings. The molecule has 1 saturated heterocycles. The van der Waals surface area contributed by atoms with Gasteiger partial charge < -0.3 is 10.2 Å². The average molecular weight is 306 g/mol. The molecule has 3 rings (SSSR count). The van der Waals surface area contributed by atoms with Crippen LogP contribution in [0.2, 0.25) is 0 Å². The van der Waals surface area contributed by atoms with Crippen LogP contribution < -0.4 is 5.73 Å². The maximum Gasteiger partial charge on any atom is 0.257 e.